The molecule has 150 valence electrons. The van der Waals surface area contributed by atoms with Gasteiger partial charge >= 0.3 is 5.97 Å². The molecule has 0 atom stereocenters. The van der Waals surface area contributed by atoms with Crippen LogP contribution in [-0.4, -0.2) is 62.8 Å². The highest BCUT2D eigenvalue weighted by molar-refractivity contribution is 5.93. The third kappa shape index (κ3) is 7.19. The van der Waals surface area contributed by atoms with Gasteiger partial charge in [0, 0.05) is 6.61 Å². The summed E-state index contributed by atoms with van der Waals surface area (Å²) in [4.78, 5) is 26.3. The van der Waals surface area contributed by atoms with E-state index in [1.54, 1.807) is 0 Å². The smallest absolute Gasteiger partial charge is 0.309 e. The fourth-order valence-electron chi connectivity index (χ4n) is 3.03. The third-order valence-corrected chi connectivity index (χ3v) is 4.43. The Morgan fingerprint density at radius 2 is 1.85 bits per heavy atom. The number of carbonyl (C=O) groups excluding carboxylic acids is 2. The quantitative estimate of drug-likeness (QED) is 0.497. The Balaban J connectivity index is 1.78. The second-order valence-electron chi connectivity index (χ2n) is 6.39. The number of likely N-dealkylation sites (tertiary alicyclic amines) is 1. The second-order valence-corrected chi connectivity index (χ2v) is 6.39. The molecular formula is C20H30N2O5. The highest BCUT2D eigenvalue weighted by Crippen LogP contribution is 2.24. The summed E-state index contributed by atoms with van der Waals surface area (Å²) in [6, 6.07) is 7.37. The van der Waals surface area contributed by atoms with Crippen LogP contribution >= 0.6 is 0 Å². The number of esters is 1. The molecule has 1 fully saturated rings. The predicted molar refractivity (Wildman–Crippen MR) is 103 cm³/mol. The number of rotatable bonds is 10. The molecule has 1 aromatic carbocycles. The molecule has 0 bridgehead atoms. The van der Waals surface area contributed by atoms with Gasteiger partial charge in [-0.05, 0) is 51.9 Å². The number of anilines is 1. The van der Waals surface area contributed by atoms with Gasteiger partial charge in [-0.2, -0.15) is 0 Å². The Kier molecular flexibility index (Phi) is 9.07. The lowest BCUT2D eigenvalue weighted by molar-refractivity contribution is -0.149. The van der Waals surface area contributed by atoms with Crippen LogP contribution in [0.25, 0.3) is 0 Å². The van der Waals surface area contributed by atoms with E-state index in [9.17, 15) is 9.59 Å². The number of nitrogens with zero attached hydrogens (tertiary/aromatic N) is 1. The number of piperidine rings is 1. The molecule has 1 aliphatic rings. The van der Waals surface area contributed by atoms with Crippen LogP contribution < -0.4 is 10.1 Å². The summed E-state index contributed by atoms with van der Waals surface area (Å²) < 4.78 is 16.0. The second kappa shape index (κ2) is 11.6. The molecule has 1 aromatic rings. The summed E-state index contributed by atoms with van der Waals surface area (Å²) in [6.07, 6.45) is 1.45. The minimum absolute atomic E-state index is 0.0521. The van der Waals surface area contributed by atoms with Crippen molar-refractivity contribution in [2.75, 3.05) is 51.4 Å². The van der Waals surface area contributed by atoms with Gasteiger partial charge in [0.25, 0.3) is 0 Å². The molecule has 1 aliphatic heterocycles. The first-order chi connectivity index (χ1) is 13.1. The Hall–Kier alpha value is -2.12. The maximum Gasteiger partial charge on any atom is 0.309 e. The molecule has 2 rings (SSSR count). The molecule has 0 saturated carbocycles. The van der Waals surface area contributed by atoms with Crippen molar-refractivity contribution < 1.29 is 23.8 Å². The standard InChI is InChI=1S/C20H30N2O5/c1-3-25-13-14-27-18-8-6-5-7-17(18)21-19(23)15-22-11-9-16(10-12-22)20(24)26-4-2/h5-8,16H,3-4,9-15H2,1-2H3,(H,21,23). The summed E-state index contributed by atoms with van der Waals surface area (Å²) in [5, 5.41) is 2.91. The number of hydrogen-bond donors (Lipinski definition) is 1. The van der Waals surface area contributed by atoms with E-state index in [1.165, 1.54) is 0 Å². The van der Waals surface area contributed by atoms with Gasteiger partial charge < -0.3 is 19.5 Å². The zero-order valence-corrected chi connectivity index (χ0v) is 16.2. The van der Waals surface area contributed by atoms with Crippen LogP contribution in [0.1, 0.15) is 26.7 Å². The molecule has 1 heterocycles. The largest absolute Gasteiger partial charge is 0.489 e. The molecule has 7 nitrogen and oxygen atoms in total. The fraction of sp³-hybridized carbons (Fsp3) is 0.600. The van der Waals surface area contributed by atoms with E-state index >= 15 is 0 Å². The van der Waals surface area contributed by atoms with Crippen LogP contribution in [0.15, 0.2) is 24.3 Å². The van der Waals surface area contributed by atoms with E-state index in [-0.39, 0.29) is 17.8 Å². The van der Waals surface area contributed by atoms with Crippen molar-refractivity contribution in [1.29, 1.82) is 0 Å². The lowest BCUT2D eigenvalue weighted by Crippen LogP contribution is -2.41. The summed E-state index contributed by atoms with van der Waals surface area (Å²) in [6.45, 7) is 7.47. The minimum Gasteiger partial charge on any atom is -0.489 e. The van der Waals surface area contributed by atoms with Crippen molar-refractivity contribution in [2.24, 2.45) is 5.92 Å². The van der Waals surface area contributed by atoms with Crippen LogP contribution in [0.3, 0.4) is 0 Å². The summed E-state index contributed by atoms with van der Waals surface area (Å²) in [5.41, 5.74) is 0.653. The molecular weight excluding hydrogens is 348 g/mol. The van der Waals surface area contributed by atoms with Gasteiger partial charge in [-0.1, -0.05) is 12.1 Å². The number of hydrogen-bond acceptors (Lipinski definition) is 6. The van der Waals surface area contributed by atoms with Gasteiger partial charge in [0.15, 0.2) is 0 Å². The highest BCUT2D eigenvalue weighted by atomic mass is 16.5. The molecule has 0 radical (unpaired) electrons. The fourth-order valence-corrected chi connectivity index (χ4v) is 3.03. The van der Waals surface area contributed by atoms with Crippen LogP contribution in [0.4, 0.5) is 5.69 Å². The van der Waals surface area contributed by atoms with E-state index in [0.29, 0.717) is 57.5 Å². The van der Waals surface area contributed by atoms with Crippen molar-refractivity contribution in [3.05, 3.63) is 24.3 Å². The first-order valence-electron chi connectivity index (χ1n) is 9.62. The first kappa shape index (κ1) is 21.2. The molecule has 1 saturated heterocycles. The van der Waals surface area contributed by atoms with Crippen molar-refractivity contribution >= 4 is 17.6 Å². The Morgan fingerprint density at radius 1 is 1.11 bits per heavy atom. The molecule has 1 amide bonds. The van der Waals surface area contributed by atoms with E-state index in [0.717, 1.165) is 12.8 Å². The van der Waals surface area contributed by atoms with Gasteiger partial charge in [0.1, 0.15) is 12.4 Å². The Labute approximate surface area is 161 Å². The van der Waals surface area contributed by atoms with Gasteiger partial charge in [-0.3, -0.25) is 14.5 Å². The minimum atomic E-state index is -0.125. The number of ether oxygens (including phenoxy) is 3. The van der Waals surface area contributed by atoms with E-state index in [4.69, 9.17) is 14.2 Å². The van der Waals surface area contributed by atoms with Crippen LogP contribution in [0.2, 0.25) is 0 Å². The average Bonchev–Trinajstić information content (AvgIpc) is 2.67. The van der Waals surface area contributed by atoms with E-state index in [1.807, 2.05) is 38.1 Å². The highest BCUT2D eigenvalue weighted by Gasteiger charge is 2.26. The van der Waals surface area contributed by atoms with Crippen molar-refractivity contribution in [2.45, 2.75) is 26.7 Å². The molecule has 0 spiro atoms. The number of nitrogens with one attached hydrogen (secondary N) is 1. The predicted octanol–water partition coefficient (Wildman–Crippen LogP) is 2.32. The third-order valence-electron chi connectivity index (χ3n) is 4.43. The van der Waals surface area contributed by atoms with Gasteiger partial charge in [-0.25, -0.2) is 0 Å². The molecule has 1 N–H and O–H groups in total. The first-order valence-corrected chi connectivity index (χ1v) is 9.62. The Bertz CT molecular complexity index is 600. The van der Waals surface area contributed by atoms with Crippen molar-refractivity contribution in [3.8, 4) is 5.75 Å². The summed E-state index contributed by atoms with van der Waals surface area (Å²) in [7, 11) is 0. The zero-order chi connectivity index (χ0) is 19.5. The molecule has 0 aliphatic carbocycles. The number of amides is 1. The van der Waals surface area contributed by atoms with E-state index < -0.39 is 0 Å². The van der Waals surface area contributed by atoms with Crippen molar-refractivity contribution in [3.63, 3.8) is 0 Å². The van der Waals surface area contributed by atoms with E-state index in [2.05, 4.69) is 10.2 Å². The SMILES string of the molecule is CCOCCOc1ccccc1NC(=O)CN1CCC(C(=O)OCC)CC1. The maximum absolute atomic E-state index is 12.4. The number of benzene rings is 1. The average molecular weight is 378 g/mol. The topological polar surface area (TPSA) is 77.1 Å². The van der Waals surface area contributed by atoms with Crippen molar-refractivity contribution in [1.82, 2.24) is 4.90 Å². The van der Waals surface area contributed by atoms with Gasteiger partial charge in [-0.15, -0.1) is 0 Å². The zero-order valence-electron chi connectivity index (χ0n) is 16.2. The van der Waals surface area contributed by atoms with Crippen LogP contribution in [-0.2, 0) is 19.1 Å². The lowest BCUT2D eigenvalue weighted by atomic mass is 9.97. The number of carbonyl (C=O) groups is 2. The molecule has 27 heavy (non-hydrogen) atoms. The molecule has 7 heteroatoms. The van der Waals surface area contributed by atoms with Crippen LogP contribution in [0, 0.1) is 5.92 Å². The normalized spacial score (nSPS) is 15.3. The number of para-hydroxylation sites is 2. The Morgan fingerprint density at radius 3 is 2.56 bits per heavy atom. The lowest BCUT2D eigenvalue weighted by Gasteiger charge is -2.30. The molecule has 0 aromatic heterocycles. The van der Waals surface area contributed by atoms with Crippen LogP contribution in [0.5, 0.6) is 5.75 Å². The summed E-state index contributed by atoms with van der Waals surface area (Å²) >= 11 is 0. The summed E-state index contributed by atoms with van der Waals surface area (Å²) in [5.74, 6) is 0.362. The molecule has 0 unspecified atom stereocenters. The maximum atomic E-state index is 12.4. The van der Waals surface area contributed by atoms with Gasteiger partial charge in [0.05, 0.1) is 31.4 Å². The van der Waals surface area contributed by atoms with Gasteiger partial charge in [0.2, 0.25) is 5.91 Å². The monoisotopic (exact) mass is 378 g/mol.